The lowest BCUT2D eigenvalue weighted by Crippen LogP contribution is -2.47. The highest BCUT2D eigenvalue weighted by atomic mass is 16.5. The summed E-state index contributed by atoms with van der Waals surface area (Å²) in [4.78, 5) is 52.8. The van der Waals surface area contributed by atoms with Gasteiger partial charge in [0.05, 0.1) is 24.7 Å². The summed E-state index contributed by atoms with van der Waals surface area (Å²) in [7, 11) is 1.60. The van der Waals surface area contributed by atoms with Crippen molar-refractivity contribution >= 4 is 23.6 Å². The Bertz CT molecular complexity index is 1020. The highest BCUT2D eigenvalue weighted by molar-refractivity contribution is 6.21. The third kappa shape index (κ3) is 5.05. The molecule has 172 valence electrons. The van der Waals surface area contributed by atoms with Gasteiger partial charge in [-0.25, -0.2) is 0 Å². The highest BCUT2D eigenvalue weighted by Gasteiger charge is 2.35. The molecule has 2 aliphatic rings. The van der Waals surface area contributed by atoms with E-state index in [4.69, 9.17) is 4.74 Å². The number of hydrogen-bond acceptors (Lipinski definition) is 5. The van der Waals surface area contributed by atoms with Crippen LogP contribution in [0.15, 0.2) is 48.5 Å². The number of fused-ring (bicyclic) bond motifs is 1. The molecule has 8 heteroatoms. The molecule has 0 atom stereocenters. The molecule has 1 N–H and O–H groups in total. The fraction of sp³-hybridized carbons (Fsp3) is 0.360. The van der Waals surface area contributed by atoms with Crippen LogP contribution in [0.5, 0.6) is 5.75 Å². The molecule has 0 unspecified atom stereocenters. The molecule has 0 spiro atoms. The number of piperidine rings is 1. The first-order valence-corrected chi connectivity index (χ1v) is 11.1. The summed E-state index contributed by atoms with van der Waals surface area (Å²) in [6, 6.07) is 14.1. The summed E-state index contributed by atoms with van der Waals surface area (Å²) >= 11 is 0. The second-order valence-corrected chi connectivity index (χ2v) is 8.30. The number of rotatable bonds is 7. The van der Waals surface area contributed by atoms with E-state index >= 15 is 0 Å². The molecule has 1 saturated heterocycles. The van der Waals surface area contributed by atoms with E-state index in [9.17, 15) is 19.2 Å². The smallest absolute Gasteiger partial charge is 0.261 e. The Morgan fingerprint density at radius 3 is 2.15 bits per heavy atom. The predicted molar refractivity (Wildman–Crippen MR) is 121 cm³/mol. The minimum atomic E-state index is -0.346. The monoisotopic (exact) mass is 449 g/mol. The Morgan fingerprint density at radius 1 is 0.970 bits per heavy atom. The van der Waals surface area contributed by atoms with E-state index < -0.39 is 0 Å². The van der Waals surface area contributed by atoms with Gasteiger partial charge in [0.1, 0.15) is 5.75 Å². The van der Waals surface area contributed by atoms with E-state index in [1.165, 1.54) is 0 Å². The van der Waals surface area contributed by atoms with E-state index in [0.717, 1.165) is 16.2 Å². The molecular formula is C25H27N3O5. The summed E-state index contributed by atoms with van der Waals surface area (Å²) < 4.78 is 5.13. The maximum absolute atomic E-state index is 12.6. The number of benzene rings is 2. The van der Waals surface area contributed by atoms with Crippen molar-refractivity contribution < 1.29 is 23.9 Å². The third-order valence-corrected chi connectivity index (χ3v) is 6.16. The van der Waals surface area contributed by atoms with Gasteiger partial charge in [0, 0.05) is 32.1 Å². The average Bonchev–Trinajstić information content (AvgIpc) is 3.08. The fourth-order valence-electron chi connectivity index (χ4n) is 4.29. The third-order valence-electron chi connectivity index (χ3n) is 6.16. The molecule has 0 aromatic heterocycles. The van der Waals surface area contributed by atoms with Crippen LogP contribution in [0.4, 0.5) is 0 Å². The van der Waals surface area contributed by atoms with Crippen LogP contribution in [0.1, 0.15) is 45.5 Å². The second-order valence-electron chi connectivity index (χ2n) is 8.30. The minimum absolute atomic E-state index is 0.0241. The largest absolute Gasteiger partial charge is 0.497 e. The Labute approximate surface area is 192 Å². The van der Waals surface area contributed by atoms with Crippen LogP contribution >= 0.6 is 0 Å². The first-order chi connectivity index (χ1) is 16.0. The van der Waals surface area contributed by atoms with Crippen molar-refractivity contribution in [3.8, 4) is 5.75 Å². The molecule has 0 bridgehead atoms. The summed E-state index contributed by atoms with van der Waals surface area (Å²) in [6.07, 6.45) is 1.74. The molecule has 2 aromatic rings. The Kier molecular flexibility index (Phi) is 6.72. The summed E-state index contributed by atoms with van der Waals surface area (Å²) in [6.45, 7) is 1.15. The van der Waals surface area contributed by atoms with Gasteiger partial charge in [-0.05, 0) is 42.7 Å². The van der Waals surface area contributed by atoms with Crippen LogP contribution in [0.25, 0.3) is 0 Å². The van der Waals surface area contributed by atoms with Crippen molar-refractivity contribution in [2.24, 2.45) is 0 Å². The van der Waals surface area contributed by atoms with Crippen LogP contribution in [-0.4, -0.2) is 66.2 Å². The molecule has 8 nitrogen and oxygen atoms in total. The number of carbonyl (C=O) groups excluding carboxylic acids is 4. The molecule has 4 amide bonds. The Balaban J connectivity index is 1.20. The summed E-state index contributed by atoms with van der Waals surface area (Å²) in [5.74, 6) is -0.0762. The van der Waals surface area contributed by atoms with Gasteiger partial charge in [-0.3, -0.25) is 24.1 Å². The number of amides is 4. The van der Waals surface area contributed by atoms with Gasteiger partial charge in [0.15, 0.2) is 0 Å². The highest BCUT2D eigenvalue weighted by Crippen LogP contribution is 2.23. The molecule has 2 aromatic carbocycles. The van der Waals surface area contributed by atoms with Crippen molar-refractivity contribution in [2.45, 2.75) is 31.7 Å². The quantitative estimate of drug-likeness (QED) is 0.653. The lowest BCUT2D eigenvalue weighted by atomic mass is 10.0. The number of imide groups is 1. The van der Waals surface area contributed by atoms with Crippen molar-refractivity contribution in [3.63, 3.8) is 0 Å². The van der Waals surface area contributed by atoms with Gasteiger partial charge in [-0.1, -0.05) is 24.3 Å². The summed E-state index contributed by atoms with van der Waals surface area (Å²) in [5, 5.41) is 3.05. The van der Waals surface area contributed by atoms with Gasteiger partial charge in [-0.2, -0.15) is 0 Å². The van der Waals surface area contributed by atoms with Crippen LogP contribution in [0, 0.1) is 0 Å². The zero-order valence-electron chi connectivity index (χ0n) is 18.6. The van der Waals surface area contributed by atoms with Crippen molar-refractivity contribution in [2.75, 3.05) is 26.7 Å². The maximum Gasteiger partial charge on any atom is 0.261 e. The normalized spacial score (nSPS) is 16.0. The molecule has 4 rings (SSSR count). The average molecular weight is 450 g/mol. The van der Waals surface area contributed by atoms with Gasteiger partial charge in [0.2, 0.25) is 11.8 Å². The molecule has 0 saturated carbocycles. The van der Waals surface area contributed by atoms with E-state index in [-0.39, 0.29) is 42.6 Å². The van der Waals surface area contributed by atoms with Crippen LogP contribution in [0.3, 0.4) is 0 Å². The van der Waals surface area contributed by atoms with Crippen LogP contribution < -0.4 is 10.1 Å². The fourth-order valence-corrected chi connectivity index (χ4v) is 4.29. The number of hydrogen-bond donors (Lipinski definition) is 1. The van der Waals surface area contributed by atoms with Crippen LogP contribution in [0.2, 0.25) is 0 Å². The molecule has 1 fully saturated rings. The number of methoxy groups -OCH3 is 1. The topological polar surface area (TPSA) is 96.0 Å². The SMILES string of the molecule is COc1ccc(CC(=O)NC2CCN(C(=O)CCN3C(=O)c4ccccc4C3=O)CC2)cc1. The van der Waals surface area contributed by atoms with E-state index in [1.807, 2.05) is 24.3 Å². The number of ether oxygens (including phenoxy) is 1. The molecular weight excluding hydrogens is 422 g/mol. The van der Waals surface area contributed by atoms with Gasteiger partial charge in [-0.15, -0.1) is 0 Å². The van der Waals surface area contributed by atoms with Crippen molar-refractivity contribution in [1.29, 1.82) is 0 Å². The number of nitrogens with zero attached hydrogens (tertiary/aromatic N) is 2. The maximum atomic E-state index is 12.6. The molecule has 0 radical (unpaired) electrons. The molecule has 33 heavy (non-hydrogen) atoms. The van der Waals surface area contributed by atoms with Crippen LogP contribution in [-0.2, 0) is 16.0 Å². The summed E-state index contributed by atoms with van der Waals surface area (Å²) in [5.41, 5.74) is 1.69. The predicted octanol–water partition coefficient (Wildman–Crippen LogP) is 2.03. The number of carbonyl (C=O) groups is 4. The zero-order valence-corrected chi connectivity index (χ0v) is 18.6. The Morgan fingerprint density at radius 2 is 1.58 bits per heavy atom. The zero-order chi connectivity index (χ0) is 23.4. The number of nitrogens with one attached hydrogen (secondary N) is 1. The van der Waals surface area contributed by atoms with Crippen molar-refractivity contribution in [3.05, 3.63) is 65.2 Å². The molecule has 0 aliphatic carbocycles. The van der Waals surface area contributed by atoms with E-state index in [1.54, 1.807) is 36.3 Å². The van der Waals surface area contributed by atoms with Gasteiger partial charge in [0.25, 0.3) is 11.8 Å². The van der Waals surface area contributed by atoms with E-state index in [2.05, 4.69) is 5.32 Å². The standard InChI is InChI=1S/C25H27N3O5/c1-33-19-8-6-17(7-9-19)16-22(29)26-18-10-13-27(14-11-18)23(30)12-15-28-24(31)20-4-2-3-5-21(20)25(28)32/h2-9,18H,10-16H2,1H3,(H,26,29). The lowest BCUT2D eigenvalue weighted by Gasteiger charge is -2.32. The lowest BCUT2D eigenvalue weighted by molar-refractivity contribution is -0.132. The molecule has 2 aliphatic heterocycles. The Hall–Kier alpha value is -3.68. The minimum Gasteiger partial charge on any atom is -0.497 e. The number of likely N-dealkylation sites (tertiary alicyclic amines) is 1. The van der Waals surface area contributed by atoms with Crippen molar-refractivity contribution in [1.82, 2.24) is 15.1 Å². The van der Waals surface area contributed by atoms with E-state index in [0.29, 0.717) is 43.5 Å². The van der Waals surface area contributed by atoms with Gasteiger partial charge < -0.3 is 15.0 Å². The molecule has 2 heterocycles. The first kappa shape index (κ1) is 22.5. The second kappa shape index (κ2) is 9.85. The van der Waals surface area contributed by atoms with Gasteiger partial charge >= 0.3 is 0 Å². The first-order valence-electron chi connectivity index (χ1n) is 11.1.